The Morgan fingerprint density at radius 3 is 2.25 bits per heavy atom. The van der Waals surface area contributed by atoms with Crippen molar-refractivity contribution in [3.05, 3.63) is 121 Å². The quantitative estimate of drug-likeness (QED) is 0.225. The number of aromatic nitrogens is 4. The Kier molecular flexibility index (Phi) is 4.45. The van der Waals surface area contributed by atoms with E-state index in [9.17, 15) is 0 Å². The molecule has 4 heterocycles. The molecule has 0 aliphatic carbocycles. The molecule has 0 bridgehead atoms. The first-order valence-corrected chi connectivity index (χ1v) is 14.1. The van der Waals surface area contributed by atoms with Crippen LogP contribution in [0.15, 0.2) is 121 Å². The summed E-state index contributed by atoms with van der Waals surface area (Å²) < 4.78 is 4.80. The highest BCUT2D eigenvalue weighted by atomic mass is 32.1. The maximum absolute atomic E-state index is 5.24. The van der Waals surface area contributed by atoms with E-state index < -0.39 is 0 Å². The molecule has 0 aliphatic heterocycles. The Morgan fingerprint density at radius 2 is 1.32 bits per heavy atom. The van der Waals surface area contributed by atoms with Crippen LogP contribution in [0.25, 0.3) is 81.0 Å². The number of fused-ring (bicyclic) bond motifs is 8. The van der Waals surface area contributed by atoms with Crippen LogP contribution in [0.1, 0.15) is 0 Å². The second kappa shape index (κ2) is 8.18. The van der Waals surface area contributed by atoms with Gasteiger partial charge in [-0.2, -0.15) is 0 Å². The number of thiophene rings is 1. The van der Waals surface area contributed by atoms with Crippen LogP contribution >= 0.6 is 11.3 Å². The van der Waals surface area contributed by atoms with E-state index in [1.165, 1.54) is 41.7 Å². The van der Waals surface area contributed by atoms with Crippen molar-refractivity contribution in [1.82, 2.24) is 19.5 Å². The van der Waals surface area contributed by atoms with E-state index >= 15 is 0 Å². The maximum Gasteiger partial charge on any atom is 0.178 e. The molecule has 0 amide bonds. The zero-order valence-corrected chi connectivity index (χ0v) is 22.1. The van der Waals surface area contributed by atoms with E-state index in [1.54, 1.807) is 6.20 Å². The number of rotatable bonds is 2. The molecule has 0 radical (unpaired) electrons. The average Bonchev–Trinajstić information content (AvgIpc) is 3.54. The Hall–Kier alpha value is -5.13. The van der Waals surface area contributed by atoms with Gasteiger partial charge in [-0.05, 0) is 53.2 Å². The average molecular weight is 529 g/mol. The largest absolute Gasteiger partial charge is 0.292 e. The van der Waals surface area contributed by atoms with Crippen LogP contribution in [0.5, 0.6) is 0 Å². The highest BCUT2D eigenvalue weighted by Crippen LogP contribution is 2.40. The first kappa shape index (κ1) is 21.8. The number of hydrogen-bond donors (Lipinski definition) is 0. The fourth-order valence-electron chi connectivity index (χ4n) is 5.99. The molecular formula is C35H20N4S. The standard InChI is InChI=1S/C35H20N4S/c1-2-9-22-19-30-27(18-21(22)8-1)24-10-3-5-13-29(24)39(30)35-33(38-34-28(37-35)12-7-17-36-34)23-15-16-26-25-11-4-6-14-31(25)40-32(26)20-23/h1-20H. The van der Waals surface area contributed by atoms with Gasteiger partial charge >= 0.3 is 0 Å². The third kappa shape index (κ3) is 3.09. The molecule has 9 aromatic rings. The first-order valence-electron chi connectivity index (χ1n) is 13.3. The smallest absolute Gasteiger partial charge is 0.178 e. The van der Waals surface area contributed by atoms with Gasteiger partial charge in [-0.25, -0.2) is 15.0 Å². The van der Waals surface area contributed by atoms with Gasteiger partial charge in [0.25, 0.3) is 0 Å². The molecular weight excluding hydrogens is 508 g/mol. The van der Waals surface area contributed by atoms with Crippen molar-refractivity contribution in [3.8, 4) is 17.1 Å². The minimum atomic E-state index is 0.643. The molecule has 0 unspecified atom stereocenters. The summed E-state index contributed by atoms with van der Waals surface area (Å²) in [5, 5.41) is 7.37. The summed E-state index contributed by atoms with van der Waals surface area (Å²) in [6.07, 6.45) is 1.78. The zero-order chi connectivity index (χ0) is 26.2. The van der Waals surface area contributed by atoms with Gasteiger partial charge in [-0.3, -0.25) is 4.57 Å². The molecule has 0 fully saturated rings. The van der Waals surface area contributed by atoms with Crippen LogP contribution in [0.2, 0.25) is 0 Å². The summed E-state index contributed by atoms with van der Waals surface area (Å²) in [5.41, 5.74) is 5.48. The van der Waals surface area contributed by atoms with Gasteiger partial charge in [-0.15, -0.1) is 11.3 Å². The molecule has 0 spiro atoms. The Bertz CT molecular complexity index is 2450. The lowest BCUT2D eigenvalue weighted by atomic mass is 10.1. The Labute approximate surface area is 232 Å². The summed E-state index contributed by atoms with van der Waals surface area (Å²) in [7, 11) is 0. The summed E-state index contributed by atoms with van der Waals surface area (Å²) in [6.45, 7) is 0. The van der Waals surface area contributed by atoms with Crippen molar-refractivity contribution in [3.63, 3.8) is 0 Å². The van der Waals surface area contributed by atoms with Gasteiger partial charge in [-0.1, -0.05) is 72.8 Å². The minimum absolute atomic E-state index is 0.643. The molecule has 0 atom stereocenters. The number of benzene rings is 5. The van der Waals surface area contributed by atoms with Crippen LogP contribution in [0.4, 0.5) is 0 Å². The van der Waals surface area contributed by atoms with Crippen molar-refractivity contribution in [2.75, 3.05) is 0 Å². The molecule has 40 heavy (non-hydrogen) atoms. The monoisotopic (exact) mass is 528 g/mol. The highest BCUT2D eigenvalue weighted by Gasteiger charge is 2.20. The molecule has 5 aromatic carbocycles. The van der Waals surface area contributed by atoms with Crippen LogP contribution in [0, 0.1) is 0 Å². The maximum atomic E-state index is 5.24. The number of nitrogens with zero attached hydrogens (tertiary/aromatic N) is 4. The number of pyridine rings is 1. The molecule has 9 rings (SSSR count). The topological polar surface area (TPSA) is 43.6 Å². The van der Waals surface area contributed by atoms with Crippen molar-refractivity contribution in [2.45, 2.75) is 0 Å². The Morgan fingerprint density at radius 1 is 0.550 bits per heavy atom. The molecule has 186 valence electrons. The van der Waals surface area contributed by atoms with E-state index in [2.05, 4.69) is 113 Å². The third-order valence-electron chi connectivity index (χ3n) is 7.83. The van der Waals surface area contributed by atoms with Crippen molar-refractivity contribution < 1.29 is 0 Å². The van der Waals surface area contributed by atoms with E-state index in [4.69, 9.17) is 9.97 Å². The first-order chi connectivity index (χ1) is 19.8. The Balaban J connectivity index is 1.41. The number of para-hydroxylation sites is 1. The van der Waals surface area contributed by atoms with E-state index in [0.717, 1.165) is 33.6 Å². The number of hydrogen-bond acceptors (Lipinski definition) is 4. The molecule has 0 saturated heterocycles. The second-order valence-corrected chi connectivity index (χ2v) is 11.2. The van der Waals surface area contributed by atoms with E-state index in [1.807, 2.05) is 23.5 Å². The third-order valence-corrected chi connectivity index (χ3v) is 8.96. The van der Waals surface area contributed by atoms with Crippen molar-refractivity contribution >= 4 is 75.3 Å². The van der Waals surface area contributed by atoms with Crippen LogP contribution in [-0.2, 0) is 0 Å². The summed E-state index contributed by atoms with van der Waals surface area (Å²) >= 11 is 1.81. The predicted octanol–water partition coefficient (Wildman–Crippen LogP) is 9.31. The lowest BCUT2D eigenvalue weighted by Gasteiger charge is -2.13. The van der Waals surface area contributed by atoms with Gasteiger partial charge in [0.2, 0.25) is 0 Å². The van der Waals surface area contributed by atoms with Crippen molar-refractivity contribution in [1.29, 1.82) is 0 Å². The van der Waals surface area contributed by atoms with Gasteiger partial charge in [0.15, 0.2) is 11.5 Å². The molecule has 4 aromatic heterocycles. The van der Waals surface area contributed by atoms with Crippen molar-refractivity contribution in [2.24, 2.45) is 0 Å². The summed E-state index contributed by atoms with van der Waals surface area (Å²) in [5.74, 6) is 0.808. The lowest BCUT2D eigenvalue weighted by Crippen LogP contribution is -2.04. The van der Waals surface area contributed by atoms with Gasteiger partial charge in [0.1, 0.15) is 11.2 Å². The zero-order valence-electron chi connectivity index (χ0n) is 21.2. The summed E-state index contributed by atoms with van der Waals surface area (Å²) in [6, 6.07) is 40.8. The van der Waals surface area contributed by atoms with E-state index in [-0.39, 0.29) is 0 Å². The van der Waals surface area contributed by atoms with E-state index in [0.29, 0.717) is 5.65 Å². The van der Waals surface area contributed by atoms with Crippen LogP contribution in [-0.4, -0.2) is 19.5 Å². The van der Waals surface area contributed by atoms with Gasteiger partial charge in [0, 0.05) is 42.7 Å². The van der Waals surface area contributed by atoms with Crippen LogP contribution < -0.4 is 0 Å². The molecule has 0 N–H and O–H groups in total. The SMILES string of the molecule is c1ccc2cc3c(cc2c1)c1ccccc1n3-c1nc2cccnc2nc1-c1ccc2c(c1)sc1ccccc12. The molecule has 4 nitrogen and oxygen atoms in total. The van der Waals surface area contributed by atoms with Gasteiger partial charge < -0.3 is 0 Å². The fourth-order valence-corrected chi connectivity index (χ4v) is 7.14. The minimum Gasteiger partial charge on any atom is -0.292 e. The highest BCUT2D eigenvalue weighted by molar-refractivity contribution is 7.25. The normalized spacial score (nSPS) is 12.0. The van der Waals surface area contributed by atoms with Gasteiger partial charge in [0.05, 0.1) is 11.0 Å². The molecule has 0 saturated carbocycles. The van der Waals surface area contributed by atoms with Crippen LogP contribution in [0.3, 0.4) is 0 Å². The second-order valence-electron chi connectivity index (χ2n) is 10.1. The molecule has 5 heteroatoms. The lowest BCUT2D eigenvalue weighted by molar-refractivity contribution is 1.07. The fraction of sp³-hybridized carbons (Fsp3) is 0. The molecule has 0 aliphatic rings. The summed E-state index contributed by atoms with van der Waals surface area (Å²) in [4.78, 5) is 15.0. The predicted molar refractivity (Wildman–Crippen MR) is 168 cm³/mol.